The van der Waals surface area contributed by atoms with Crippen LogP contribution in [0.5, 0.6) is 0 Å². The first kappa shape index (κ1) is 45.5. The lowest BCUT2D eigenvalue weighted by atomic mass is 9.96. The first-order valence-electron chi connectivity index (χ1n) is 20.0. The van der Waals surface area contributed by atoms with Gasteiger partial charge in [-0.2, -0.15) is 8.78 Å². The van der Waals surface area contributed by atoms with Gasteiger partial charge in [0.2, 0.25) is 31.3 Å². The van der Waals surface area contributed by atoms with Gasteiger partial charge in [-0.15, -0.1) is 11.3 Å². The number of hydrogen-bond acceptors (Lipinski definition) is 13. The van der Waals surface area contributed by atoms with Crippen molar-refractivity contribution in [3.05, 3.63) is 34.7 Å². The molecule has 330 valence electrons. The van der Waals surface area contributed by atoms with E-state index in [0.717, 1.165) is 23.5 Å². The van der Waals surface area contributed by atoms with Gasteiger partial charge in [-0.3, -0.25) is 42.4 Å². The van der Waals surface area contributed by atoms with Crippen molar-refractivity contribution >= 4 is 64.6 Å². The van der Waals surface area contributed by atoms with E-state index in [1.165, 1.54) is 53.7 Å². The SMILES string of the molecule is CC(C)(C)C(=O)OCOP(=O)(OCOC(=O)C(C)(C)C)C(F)(F)c1ccc2sc(C(=O)N[C@H]3CCC[C@H]4CC[C@@H](C(=O)N5CC(C(=O)N6CCOCC6)C5)N4C3=O)cc2c1. The molecule has 0 aliphatic carbocycles. The van der Waals surface area contributed by atoms with Gasteiger partial charge >= 0.3 is 25.2 Å². The number of nitrogens with zero attached hydrogens (tertiary/aromatic N) is 3. The van der Waals surface area contributed by atoms with E-state index in [1.54, 1.807) is 14.7 Å². The number of benzene rings is 1. The quantitative estimate of drug-likeness (QED) is 0.167. The molecule has 1 aromatic carbocycles. The van der Waals surface area contributed by atoms with E-state index >= 15 is 8.78 Å². The van der Waals surface area contributed by atoms with Gasteiger partial charge in [0.1, 0.15) is 12.1 Å². The van der Waals surface area contributed by atoms with Crippen LogP contribution in [0.25, 0.3) is 10.1 Å². The smallest absolute Gasteiger partial charge is 0.410 e. The summed E-state index contributed by atoms with van der Waals surface area (Å²) in [5.74, 6) is -3.13. The van der Waals surface area contributed by atoms with Crippen LogP contribution >= 0.6 is 18.9 Å². The third kappa shape index (κ3) is 9.70. The van der Waals surface area contributed by atoms with Crippen molar-refractivity contribution < 1.29 is 65.4 Å². The highest BCUT2D eigenvalue weighted by Crippen LogP contribution is 2.67. The number of amides is 4. The highest BCUT2D eigenvalue weighted by Gasteiger charge is 2.56. The van der Waals surface area contributed by atoms with E-state index < -0.39 is 73.2 Å². The molecule has 0 unspecified atom stereocenters. The molecule has 5 heterocycles. The molecule has 3 atom stereocenters. The fourth-order valence-corrected chi connectivity index (χ4v) is 9.65. The monoisotopic (exact) mass is 882 g/mol. The Morgan fingerprint density at radius 1 is 0.850 bits per heavy atom. The number of morpholine rings is 1. The predicted octanol–water partition coefficient (Wildman–Crippen LogP) is 5.23. The Balaban J connectivity index is 1.13. The van der Waals surface area contributed by atoms with Crippen molar-refractivity contribution in [2.75, 3.05) is 53.0 Å². The molecule has 0 bridgehead atoms. The zero-order valence-electron chi connectivity index (χ0n) is 34.7. The summed E-state index contributed by atoms with van der Waals surface area (Å²) in [7, 11) is -5.58. The lowest BCUT2D eigenvalue weighted by Gasteiger charge is -2.43. The molecule has 2 aromatic rings. The minimum Gasteiger partial charge on any atom is -0.438 e. The number of fused-ring (bicyclic) bond motifs is 2. The van der Waals surface area contributed by atoms with E-state index in [4.69, 9.17) is 23.3 Å². The number of thiophene rings is 1. The van der Waals surface area contributed by atoms with E-state index in [-0.39, 0.29) is 53.0 Å². The maximum atomic E-state index is 16.2. The van der Waals surface area contributed by atoms with Crippen LogP contribution in [0, 0.1) is 16.7 Å². The Bertz CT molecular complexity index is 2000. The van der Waals surface area contributed by atoms with Crippen molar-refractivity contribution in [1.29, 1.82) is 0 Å². The number of hydrogen-bond donors (Lipinski definition) is 1. The van der Waals surface area contributed by atoms with Gasteiger partial charge in [-0.1, -0.05) is 6.07 Å². The third-order valence-corrected chi connectivity index (χ3v) is 14.0. The summed E-state index contributed by atoms with van der Waals surface area (Å²) in [5, 5.41) is 2.99. The Kier molecular flexibility index (Phi) is 13.5. The molecule has 4 fully saturated rings. The van der Waals surface area contributed by atoms with Gasteiger partial charge in [0.05, 0.1) is 34.8 Å². The maximum Gasteiger partial charge on any atom is 0.410 e. The van der Waals surface area contributed by atoms with Crippen LogP contribution in [0.15, 0.2) is 24.3 Å². The number of carbonyl (C=O) groups is 6. The van der Waals surface area contributed by atoms with E-state index in [1.807, 2.05) is 0 Å². The second-order valence-electron chi connectivity index (χ2n) is 17.6. The van der Waals surface area contributed by atoms with Gasteiger partial charge in [-0.25, -0.2) is 0 Å². The van der Waals surface area contributed by atoms with Crippen molar-refractivity contribution in [2.24, 2.45) is 16.7 Å². The average molecular weight is 883 g/mol. The highest BCUT2D eigenvalue weighted by atomic mass is 32.1. The standard InChI is InChI=1S/C40H53F2N4O12PS/c1-38(2,3)36(51)55-22-57-59(53,58-23-56-37(52)39(4,5)6)40(41,42)26-10-13-30-24(18-26)19-31(60-30)32(47)43-28-9-7-8-27-11-12-29(46(27)34(28)49)35(50)45-20-25(21-45)33(48)44-14-16-54-17-15-44/h10,13,18-19,25,27-29H,7-9,11-12,14-17,20-23H2,1-6H3,(H,43,47)/t27-,28-,29-/m0/s1. The Morgan fingerprint density at radius 2 is 1.47 bits per heavy atom. The summed E-state index contributed by atoms with van der Waals surface area (Å²) in [6.45, 7) is 9.42. The highest BCUT2D eigenvalue weighted by molar-refractivity contribution is 7.54. The van der Waals surface area contributed by atoms with Gasteiger partial charge < -0.3 is 34.2 Å². The molecule has 4 aliphatic rings. The largest absolute Gasteiger partial charge is 0.438 e. The first-order valence-corrected chi connectivity index (χ1v) is 22.4. The van der Waals surface area contributed by atoms with Crippen molar-refractivity contribution in [3.8, 4) is 0 Å². The first-order chi connectivity index (χ1) is 28.1. The zero-order chi connectivity index (χ0) is 43.8. The molecular formula is C40H53F2N4O12PS. The van der Waals surface area contributed by atoms with E-state index in [9.17, 15) is 33.3 Å². The molecule has 0 radical (unpaired) electrons. The number of alkyl halides is 2. The molecule has 0 spiro atoms. The number of halogens is 2. The van der Waals surface area contributed by atoms with Crippen molar-refractivity contribution in [3.63, 3.8) is 0 Å². The number of carbonyl (C=O) groups excluding carboxylic acids is 6. The summed E-state index contributed by atoms with van der Waals surface area (Å²) in [6, 6.07) is 2.87. The molecule has 4 aliphatic heterocycles. The molecule has 1 N–H and O–H groups in total. The minimum atomic E-state index is -5.58. The predicted molar refractivity (Wildman–Crippen MR) is 213 cm³/mol. The summed E-state index contributed by atoms with van der Waals surface area (Å²) in [4.78, 5) is 84.0. The fraction of sp³-hybridized carbons (Fsp3) is 0.650. The normalized spacial score (nSPS) is 21.9. The lowest BCUT2D eigenvalue weighted by Crippen LogP contribution is -2.62. The fourth-order valence-electron chi connectivity index (χ4n) is 7.47. The number of nitrogens with one attached hydrogen (secondary N) is 1. The topological polar surface area (TPSA) is 187 Å². The lowest BCUT2D eigenvalue weighted by molar-refractivity contribution is -0.163. The molecular weight excluding hydrogens is 829 g/mol. The molecule has 4 amide bonds. The molecule has 6 rings (SSSR count). The number of ether oxygens (including phenoxy) is 3. The van der Waals surface area contributed by atoms with Crippen LogP contribution in [-0.2, 0) is 57.5 Å². The Labute approximate surface area is 351 Å². The third-order valence-electron chi connectivity index (χ3n) is 11.0. The van der Waals surface area contributed by atoms with Gasteiger partial charge in [-0.05, 0) is 97.2 Å². The van der Waals surface area contributed by atoms with Crippen LogP contribution in [0.3, 0.4) is 0 Å². The van der Waals surface area contributed by atoms with Crippen LogP contribution in [0.4, 0.5) is 8.78 Å². The summed E-state index contributed by atoms with van der Waals surface area (Å²) < 4.78 is 71.8. The molecule has 16 nitrogen and oxygen atoms in total. The summed E-state index contributed by atoms with van der Waals surface area (Å²) in [5.41, 5.74) is -7.24. The van der Waals surface area contributed by atoms with Crippen LogP contribution < -0.4 is 5.32 Å². The molecule has 1 aromatic heterocycles. The van der Waals surface area contributed by atoms with Crippen molar-refractivity contribution in [1.82, 2.24) is 20.0 Å². The number of esters is 2. The summed E-state index contributed by atoms with van der Waals surface area (Å²) >= 11 is 0.991. The zero-order valence-corrected chi connectivity index (χ0v) is 36.4. The van der Waals surface area contributed by atoms with Crippen molar-refractivity contribution in [2.45, 2.75) is 97.4 Å². The van der Waals surface area contributed by atoms with Crippen LogP contribution in [0.2, 0.25) is 0 Å². The summed E-state index contributed by atoms with van der Waals surface area (Å²) in [6.07, 6.45) is 2.74. The maximum absolute atomic E-state index is 16.2. The Hall–Kier alpha value is -4.03. The molecule has 20 heteroatoms. The molecule has 60 heavy (non-hydrogen) atoms. The molecule has 4 saturated heterocycles. The second kappa shape index (κ2) is 17.8. The number of rotatable bonds is 12. The average Bonchev–Trinajstić information content (AvgIpc) is 3.77. The van der Waals surface area contributed by atoms with Gasteiger partial charge in [0, 0.05) is 42.5 Å². The van der Waals surface area contributed by atoms with Crippen LogP contribution in [0.1, 0.15) is 88.9 Å². The van der Waals surface area contributed by atoms with E-state index in [0.29, 0.717) is 63.1 Å². The Morgan fingerprint density at radius 3 is 2.07 bits per heavy atom. The van der Waals surface area contributed by atoms with Crippen LogP contribution in [-0.4, -0.2) is 121 Å². The van der Waals surface area contributed by atoms with Gasteiger partial charge in [0.25, 0.3) is 5.91 Å². The number of likely N-dealkylation sites (tertiary alicyclic amines) is 1. The minimum absolute atomic E-state index is 0.00120. The second-order valence-corrected chi connectivity index (χ2v) is 20.7. The van der Waals surface area contributed by atoms with Gasteiger partial charge in [0.15, 0.2) is 0 Å². The van der Waals surface area contributed by atoms with E-state index in [2.05, 4.69) is 5.32 Å². The molecule has 0 saturated carbocycles.